The summed E-state index contributed by atoms with van der Waals surface area (Å²) in [5.74, 6) is 4.85. The molecule has 0 saturated heterocycles. The monoisotopic (exact) mass is 1490 g/mol. The van der Waals surface area contributed by atoms with Gasteiger partial charge in [-0.2, -0.15) is 9.13 Å². The van der Waals surface area contributed by atoms with Crippen LogP contribution in [0.25, 0.3) is 100 Å². The van der Waals surface area contributed by atoms with Gasteiger partial charge in [0.15, 0.2) is 5.69 Å². The summed E-state index contributed by atoms with van der Waals surface area (Å²) in [6.45, 7) is 41.7. The summed E-state index contributed by atoms with van der Waals surface area (Å²) >= 11 is 0. The normalized spacial score (nSPS) is 11.0. The van der Waals surface area contributed by atoms with E-state index >= 15 is 0 Å². The van der Waals surface area contributed by atoms with Crippen molar-refractivity contribution in [3.05, 3.63) is 347 Å². The predicted molar refractivity (Wildman–Crippen MR) is 455 cm³/mol. The van der Waals surface area contributed by atoms with Gasteiger partial charge in [-0.15, -0.1) is 0 Å². The van der Waals surface area contributed by atoms with Crippen molar-refractivity contribution in [3.8, 4) is 84.7 Å². The molecule has 10 heterocycles. The van der Waals surface area contributed by atoms with Crippen LogP contribution in [-0.2, 0) is 40.7 Å². The van der Waals surface area contributed by atoms with Crippen LogP contribution in [0.5, 0.6) is 0 Å². The summed E-state index contributed by atoms with van der Waals surface area (Å²) in [7, 11) is 10.4. The lowest BCUT2D eigenvalue weighted by molar-refractivity contribution is -0.607. The Labute approximate surface area is 666 Å². The van der Waals surface area contributed by atoms with Crippen LogP contribution in [0, 0.1) is 96.6 Å². The number of fused-ring (bicyclic) bond motifs is 1. The Morgan fingerprint density at radius 3 is 1.09 bits per heavy atom. The van der Waals surface area contributed by atoms with Gasteiger partial charge in [0.25, 0.3) is 29.1 Å². The fourth-order valence-electron chi connectivity index (χ4n) is 15.4. The van der Waals surface area contributed by atoms with Crippen LogP contribution in [0.4, 0.5) is 5.69 Å². The number of hydrogen-bond donors (Lipinski definition) is 0. The van der Waals surface area contributed by atoms with Crippen LogP contribution < -0.4 is 22.8 Å². The smallest absolute Gasteiger partial charge is 0.300 e. The maximum Gasteiger partial charge on any atom is 0.300 e. The van der Waals surface area contributed by atoms with Crippen molar-refractivity contribution in [2.45, 2.75) is 116 Å². The summed E-state index contributed by atoms with van der Waals surface area (Å²) < 4.78 is 21.5. The SMILES string of the molecule is Cc1c(-c2cccn2C)cc(C(C)(C)C)cc1-[n+]1cccnc1C.Cc1c(-c2cccn2C)cc2ccccc2c1-[n+]1cccnc1C.Cc1cc(-c2cccn2C)c(C)c(-[n+]2cccnc2C)c1.Cc1cc(C)c(-[n+]2cccnc2C)c(C)c1-c1cccn1C.[C-]#[N+]c1cc(-c2cccn2C)c(C)c(-[n+]2cccnc2C)c1. The Kier molecular flexibility index (Phi) is 23.9. The molecular formula is C97H105N16+5. The lowest BCUT2D eigenvalue weighted by Crippen LogP contribution is -2.36. The highest BCUT2D eigenvalue weighted by atomic mass is 15.1. The molecule has 0 aliphatic carbocycles. The van der Waals surface area contributed by atoms with Crippen LogP contribution in [0.15, 0.2) is 257 Å². The molecule has 16 rings (SSSR count). The van der Waals surface area contributed by atoms with Gasteiger partial charge < -0.3 is 22.8 Å². The van der Waals surface area contributed by atoms with Gasteiger partial charge in [0, 0.05) is 215 Å². The first-order chi connectivity index (χ1) is 54.1. The first kappa shape index (κ1) is 79.4. The van der Waals surface area contributed by atoms with Gasteiger partial charge in [0.2, 0.25) is 0 Å². The van der Waals surface area contributed by atoms with Gasteiger partial charge in [0.05, 0.1) is 6.57 Å². The quantitative estimate of drug-likeness (QED) is 0.1000. The van der Waals surface area contributed by atoms with Gasteiger partial charge in [-0.1, -0.05) is 76.0 Å². The Morgan fingerprint density at radius 1 is 0.327 bits per heavy atom. The fraction of sp³-hybridized carbons (Fsp3) is 0.227. The van der Waals surface area contributed by atoms with E-state index in [2.05, 4.69) is 340 Å². The second kappa shape index (κ2) is 34.0. The van der Waals surface area contributed by atoms with E-state index in [0.29, 0.717) is 5.69 Å². The number of benzene rings is 6. The molecule has 16 nitrogen and oxygen atoms in total. The lowest BCUT2D eigenvalue weighted by atomic mass is 9.84. The minimum Gasteiger partial charge on any atom is -0.351 e. The second-order valence-electron chi connectivity index (χ2n) is 30.3. The van der Waals surface area contributed by atoms with E-state index in [1.54, 1.807) is 6.20 Å². The number of aromatic nitrogens is 15. The molecule has 0 bridgehead atoms. The van der Waals surface area contributed by atoms with Gasteiger partial charge >= 0.3 is 0 Å². The standard InChI is InChI=1S/C21H20N3.C21H26N3.C19H22N3.C18H17N4.C18H20N3/c1-15-19(20-10-6-12-23(20)3)14-17-8-4-5-9-18(17)21(15)24-13-7-11-22-16(24)2;1-15-18(19-9-7-11-23(19)6)13-17(21(3,4)5)14-20(15)24-12-8-10-22-16(24)2;1-13-12-14(2)19(22-11-7-9-20-16(22)4)15(3)18(13)17-8-6-10-21(17)5;1-13-16(17-7-5-9-21(17)4)11-15(19-3)12-18(13)22-10-6-8-20-14(22)2;1-13-11-16(17-7-5-9-20(17)4)14(2)18(12-13)21-10-6-8-19-15(21)3/h4-14H,1-3H3;7-14H,1-6H3;6-12H,1-5H3;5-12H,1-2,4H3;5-12H,1-4H3/q5*+1. The molecule has 0 aliphatic rings. The van der Waals surface area contributed by atoms with Crippen molar-refractivity contribution in [1.82, 2.24) is 47.8 Å². The topological polar surface area (TPSA) is 113 Å². The average molecular weight is 1500 g/mol. The van der Waals surface area contributed by atoms with Crippen LogP contribution in [0.1, 0.15) is 100.0 Å². The van der Waals surface area contributed by atoms with Gasteiger partial charge in [0.1, 0.15) is 90.4 Å². The van der Waals surface area contributed by atoms with Gasteiger partial charge in [-0.05, 0) is 197 Å². The highest BCUT2D eigenvalue weighted by Gasteiger charge is 2.26. The molecule has 16 aromatic rings. The Bertz CT molecular complexity index is 6190. The average Bonchev–Trinajstić information content (AvgIpc) is 1.70. The van der Waals surface area contributed by atoms with Crippen LogP contribution in [0.2, 0.25) is 0 Å². The first-order valence-electron chi connectivity index (χ1n) is 38.3. The van der Waals surface area contributed by atoms with Crippen LogP contribution in [-0.4, -0.2) is 47.8 Å². The van der Waals surface area contributed by atoms with E-state index in [9.17, 15) is 0 Å². The van der Waals surface area contributed by atoms with E-state index in [4.69, 9.17) is 6.57 Å². The highest BCUT2D eigenvalue weighted by Crippen LogP contribution is 2.38. The number of nitrogens with zero attached hydrogens (tertiary/aromatic N) is 16. The third-order valence-corrected chi connectivity index (χ3v) is 21.5. The first-order valence-corrected chi connectivity index (χ1v) is 38.3. The molecule has 0 aliphatic heterocycles. The van der Waals surface area contributed by atoms with E-state index in [1.165, 1.54) is 123 Å². The fourth-order valence-corrected chi connectivity index (χ4v) is 15.4. The molecule has 0 unspecified atom stereocenters. The second-order valence-corrected chi connectivity index (χ2v) is 30.3. The van der Waals surface area contributed by atoms with Crippen molar-refractivity contribution in [3.63, 3.8) is 0 Å². The molecule has 0 fully saturated rings. The summed E-state index contributed by atoms with van der Waals surface area (Å²) in [5, 5.41) is 2.49. The van der Waals surface area contributed by atoms with Crippen molar-refractivity contribution in [1.29, 1.82) is 0 Å². The molecule has 113 heavy (non-hydrogen) atoms. The summed E-state index contributed by atoms with van der Waals surface area (Å²) in [4.78, 5) is 25.7. The molecular weight excluding hydrogens is 1390 g/mol. The van der Waals surface area contributed by atoms with E-state index < -0.39 is 0 Å². The third kappa shape index (κ3) is 16.8. The van der Waals surface area contributed by atoms with Crippen LogP contribution in [0.3, 0.4) is 0 Å². The Balaban J connectivity index is 0.000000131. The Morgan fingerprint density at radius 2 is 0.690 bits per heavy atom. The van der Waals surface area contributed by atoms with Crippen molar-refractivity contribution in [2.75, 3.05) is 0 Å². The highest BCUT2D eigenvalue weighted by molar-refractivity contribution is 5.95. The summed E-state index contributed by atoms with van der Waals surface area (Å²) in [6, 6.07) is 57.0. The van der Waals surface area contributed by atoms with E-state index in [-0.39, 0.29) is 5.41 Å². The molecule has 0 amide bonds. The molecule has 0 spiro atoms. The summed E-state index contributed by atoms with van der Waals surface area (Å²) in [5.41, 5.74) is 30.2. The molecule has 0 radical (unpaired) electrons. The van der Waals surface area contributed by atoms with Crippen molar-refractivity contribution in [2.24, 2.45) is 35.2 Å². The van der Waals surface area contributed by atoms with Gasteiger partial charge in [-0.3, -0.25) is 0 Å². The zero-order valence-electron chi connectivity index (χ0n) is 69.4. The largest absolute Gasteiger partial charge is 0.351 e. The van der Waals surface area contributed by atoms with E-state index in [1.807, 2.05) is 132 Å². The lowest BCUT2D eigenvalue weighted by Gasteiger charge is -2.22. The minimum absolute atomic E-state index is 0.0824. The molecule has 0 saturated carbocycles. The van der Waals surface area contributed by atoms with Crippen LogP contribution >= 0.6 is 0 Å². The van der Waals surface area contributed by atoms with Crippen molar-refractivity contribution < 1.29 is 22.8 Å². The molecule has 0 N–H and O–H groups in total. The minimum atomic E-state index is 0.0824. The zero-order chi connectivity index (χ0) is 80.7. The third-order valence-electron chi connectivity index (χ3n) is 21.5. The molecule has 0 atom stereocenters. The number of aryl methyl sites for hydroxylation is 13. The predicted octanol–water partition coefficient (Wildman–Crippen LogP) is 18.8. The summed E-state index contributed by atoms with van der Waals surface area (Å²) in [6.07, 6.45) is 29.8. The molecule has 6 aromatic carbocycles. The molecule has 568 valence electrons. The van der Waals surface area contributed by atoms with Gasteiger partial charge in [-0.25, -0.2) is 18.5 Å². The molecule has 16 heteroatoms. The van der Waals surface area contributed by atoms with E-state index in [0.717, 1.165) is 51.6 Å². The zero-order valence-corrected chi connectivity index (χ0v) is 69.4. The maximum absolute atomic E-state index is 7.40. The number of rotatable bonds is 10. The van der Waals surface area contributed by atoms with Crippen molar-refractivity contribution >= 4 is 16.5 Å². The molecule has 10 aromatic heterocycles. The maximum atomic E-state index is 7.40. The Hall–Kier alpha value is -13.1. The number of hydrogen-bond acceptors (Lipinski definition) is 5.